The Morgan fingerprint density at radius 3 is 2.44 bits per heavy atom. The zero-order valence-corrected chi connectivity index (χ0v) is 9.41. The summed E-state index contributed by atoms with van der Waals surface area (Å²) in [7, 11) is 0. The molecule has 0 aromatic heterocycles. The maximum absolute atomic E-state index is 12.7. The molecule has 1 aromatic rings. The normalized spacial score (nSPS) is 11.8. The van der Waals surface area contributed by atoms with Crippen molar-refractivity contribution in [2.24, 2.45) is 5.73 Å². The van der Waals surface area contributed by atoms with Gasteiger partial charge in [-0.05, 0) is 43.5 Å². The molecule has 0 fully saturated rings. The van der Waals surface area contributed by atoms with E-state index in [0.29, 0.717) is 19.4 Å². The van der Waals surface area contributed by atoms with Crippen molar-refractivity contribution in [2.75, 3.05) is 6.54 Å². The zero-order valence-electron chi connectivity index (χ0n) is 8.65. The molecule has 0 aliphatic rings. The Balaban J connectivity index is 2.90. The van der Waals surface area contributed by atoms with Crippen molar-refractivity contribution in [1.82, 2.24) is 0 Å². The van der Waals surface area contributed by atoms with Gasteiger partial charge in [-0.2, -0.15) is 13.2 Å². The molecule has 0 amide bonds. The van der Waals surface area contributed by atoms with E-state index in [2.05, 4.69) is 0 Å². The second-order valence-electron chi connectivity index (χ2n) is 3.55. The van der Waals surface area contributed by atoms with Gasteiger partial charge in [-0.25, -0.2) is 0 Å². The van der Waals surface area contributed by atoms with Crippen LogP contribution >= 0.6 is 11.6 Å². The third-order valence-corrected chi connectivity index (χ3v) is 2.51. The zero-order chi connectivity index (χ0) is 12.2. The van der Waals surface area contributed by atoms with E-state index in [9.17, 15) is 13.2 Å². The lowest BCUT2D eigenvalue weighted by Crippen LogP contribution is -2.09. The van der Waals surface area contributed by atoms with Crippen LogP contribution in [0.2, 0.25) is 5.02 Å². The summed E-state index contributed by atoms with van der Waals surface area (Å²) in [6.07, 6.45) is -2.59. The van der Waals surface area contributed by atoms with Crippen molar-refractivity contribution >= 4 is 11.6 Å². The summed E-state index contributed by atoms with van der Waals surface area (Å²) in [5, 5.41) is 0.106. The fourth-order valence-electron chi connectivity index (χ4n) is 1.49. The molecule has 0 aliphatic carbocycles. The first-order valence-corrected chi connectivity index (χ1v) is 5.38. The number of nitrogens with two attached hydrogens (primary N) is 1. The van der Waals surface area contributed by atoms with Crippen LogP contribution in [0.15, 0.2) is 18.2 Å². The van der Waals surface area contributed by atoms with Crippen molar-refractivity contribution in [2.45, 2.75) is 25.4 Å². The average molecular weight is 252 g/mol. The summed E-state index contributed by atoms with van der Waals surface area (Å²) in [5.41, 5.74) is 4.94. The predicted molar refractivity (Wildman–Crippen MR) is 58.4 cm³/mol. The fraction of sp³-hybridized carbons (Fsp3) is 0.455. The third kappa shape index (κ3) is 3.68. The molecule has 1 nitrogen and oxygen atoms in total. The van der Waals surface area contributed by atoms with E-state index in [1.165, 1.54) is 12.1 Å². The monoisotopic (exact) mass is 251 g/mol. The summed E-state index contributed by atoms with van der Waals surface area (Å²) in [5.74, 6) is 0. The van der Waals surface area contributed by atoms with E-state index in [1.807, 2.05) is 0 Å². The van der Waals surface area contributed by atoms with Crippen molar-refractivity contribution < 1.29 is 13.2 Å². The first kappa shape index (κ1) is 13.3. The Labute approximate surface area is 97.4 Å². The number of halogens is 4. The summed E-state index contributed by atoms with van der Waals surface area (Å²) in [6.45, 7) is 0.495. The highest BCUT2D eigenvalue weighted by atomic mass is 35.5. The number of hydrogen-bond donors (Lipinski definition) is 1. The molecule has 5 heteroatoms. The number of rotatable bonds is 4. The Bertz CT molecular complexity index is 350. The second kappa shape index (κ2) is 5.55. The van der Waals surface area contributed by atoms with E-state index in [-0.39, 0.29) is 10.6 Å². The predicted octanol–water partition coefficient (Wildman–Crippen LogP) is 3.64. The first-order valence-electron chi connectivity index (χ1n) is 5.01. The molecule has 1 rings (SSSR count). The Hall–Kier alpha value is -0.740. The van der Waals surface area contributed by atoms with E-state index in [1.54, 1.807) is 0 Å². The van der Waals surface area contributed by atoms with Gasteiger partial charge in [0, 0.05) is 5.02 Å². The molecule has 0 radical (unpaired) electrons. The van der Waals surface area contributed by atoms with Gasteiger partial charge in [-0.3, -0.25) is 0 Å². The van der Waals surface area contributed by atoms with E-state index in [0.717, 1.165) is 12.5 Å². The fourth-order valence-corrected chi connectivity index (χ4v) is 1.66. The topological polar surface area (TPSA) is 26.0 Å². The maximum atomic E-state index is 12.7. The van der Waals surface area contributed by atoms with Gasteiger partial charge in [0.15, 0.2) is 0 Å². The molecule has 0 spiro atoms. The van der Waals surface area contributed by atoms with E-state index >= 15 is 0 Å². The quantitative estimate of drug-likeness (QED) is 0.813. The third-order valence-electron chi connectivity index (χ3n) is 2.28. The minimum Gasteiger partial charge on any atom is -0.330 e. The number of alkyl halides is 3. The minimum atomic E-state index is -4.34. The van der Waals surface area contributed by atoms with Gasteiger partial charge in [-0.1, -0.05) is 17.7 Å². The highest BCUT2D eigenvalue weighted by molar-refractivity contribution is 6.30. The van der Waals surface area contributed by atoms with Gasteiger partial charge in [0.05, 0.1) is 5.56 Å². The molecule has 0 bridgehead atoms. The molecule has 2 N–H and O–H groups in total. The molecular weight excluding hydrogens is 239 g/mol. The lowest BCUT2D eigenvalue weighted by atomic mass is 10.0. The van der Waals surface area contributed by atoms with Crippen LogP contribution in [0.25, 0.3) is 0 Å². The molecular formula is C11H13ClF3N. The van der Waals surface area contributed by atoms with Gasteiger partial charge >= 0.3 is 6.18 Å². The first-order chi connectivity index (χ1) is 7.45. The maximum Gasteiger partial charge on any atom is 0.416 e. The number of aryl methyl sites for hydroxylation is 1. The van der Waals surface area contributed by atoms with Crippen LogP contribution in [-0.2, 0) is 12.6 Å². The van der Waals surface area contributed by atoms with Gasteiger partial charge in [0.25, 0.3) is 0 Å². The van der Waals surface area contributed by atoms with Crippen molar-refractivity contribution in [3.8, 4) is 0 Å². The smallest absolute Gasteiger partial charge is 0.330 e. The lowest BCUT2D eigenvalue weighted by Gasteiger charge is -2.13. The summed E-state index contributed by atoms with van der Waals surface area (Å²) >= 11 is 5.56. The van der Waals surface area contributed by atoms with Crippen LogP contribution in [0.3, 0.4) is 0 Å². The molecule has 0 saturated carbocycles. The average Bonchev–Trinajstić information content (AvgIpc) is 2.19. The highest BCUT2D eigenvalue weighted by Gasteiger charge is 2.33. The Morgan fingerprint density at radius 2 is 1.88 bits per heavy atom. The van der Waals surface area contributed by atoms with E-state index in [4.69, 9.17) is 17.3 Å². The van der Waals surface area contributed by atoms with Crippen LogP contribution < -0.4 is 5.73 Å². The van der Waals surface area contributed by atoms with E-state index < -0.39 is 11.7 Å². The van der Waals surface area contributed by atoms with Crippen molar-refractivity contribution in [3.05, 3.63) is 34.3 Å². The molecule has 0 atom stereocenters. The number of hydrogen-bond acceptors (Lipinski definition) is 1. The molecule has 0 saturated heterocycles. The lowest BCUT2D eigenvalue weighted by molar-refractivity contribution is -0.138. The molecule has 0 heterocycles. The van der Waals surface area contributed by atoms with Crippen LogP contribution in [0.5, 0.6) is 0 Å². The largest absolute Gasteiger partial charge is 0.416 e. The van der Waals surface area contributed by atoms with Crippen LogP contribution in [0.4, 0.5) is 13.2 Å². The standard InChI is InChI=1S/C11H13ClF3N/c12-9-5-4-8(3-1-2-6-16)10(7-9)11(13,14)15/h4-5,7H,1-3,6,16H2. The van der Waals surface area contributed by atoms with Crippen molar-refractivity contribution in [3.63, 3.8) is 0 Å². The Morgan fingerprint density at radius 1 is 1.19 bits per heavy atom. The molecule has 0 unspecified atom stereocenters. The SMILES string of the molecule is NCCCCc1ccc(Cl)cc1C(F)(F)F. The van der Waals surface area contributed by atoms with Crippen LogP contribution in [-0.4, -0.2) is 6.54 Å². The van der Waals surface area contributed by atoms with Crippen LogP contribution in [0.1, 0.15) is 24.0 Å². The summed E-state index contributed by atoms with van der Waals surface area (Å²) < 4.78 is 38.0. The van der Waals surface area contributed by atoms with Gasteiger partial charge in [-0.15, -0.1) is 0 Å². The van der Waals surface area contributed by atoms with Gasteiger partial charge in [0.2, 0.25) is 0 Å². The van der Waals surface area contributed by atoms with Crippen molar-refractivity contribution in [1.29, 1.82) is 0 Å². The Kier molecular flexibility index (Phi) is 4.62. The molecule has 1 aromatic carbocycles. The molecule has 90 valence electrons. The van der Waals surface area contributed by atoms with Gasteiger partial charge < -0.3 is 5.73 Å². The van der Waals surface area contributed by atoms with Gasteiger partial charge in [0.1, 0.15) is 0 Å². The van der Waals surface area contributed by atoms with Crippen LogP contribution in [0, 0.1) is 0 Å². The minimum absolute atomic E-state index is 0.106. The summed E-state index contributed by atoms with van der Waals surface area (Å²) in [4.78, 5) is 0. The molecule has 0 aliphatic heterocycles. The number of benzene rings is 1. The highest BCUT2D eigenvalue weighted by Crippen LogP contribution is 2.34. The number of unbranched alkanes of at least 4 members (excludes halogenated alkanes) is 1. The molecule has 16 heavy (non-hydrogen) atoms. The summed E-state index contributed by atoms with van der Waals surface area (Å²) in [6, 6.07) is 3.88. The second-order valence-corrected chi connectivity index (χ2v) is 3.98.